The van der Waals surface area contributed by atoms with E-state index in [4.69, 9.17) is 4.74 Å². The minimum atomic E-state index is -1.01. The molecule has 4 rings (SSSR count). The van der Waals surface area contributed by atoms with Crippen molar-refractivity contribution in [1.82, 2.24) is 15.0 Å². The molecule has 2 aromatic heterocycles. The molecule has 4 aromatic rings. The van der Waals surface area contributed by atoms with Gasteiger partial charge in [0.2, 0.25) is 5.95 Å². The summed E-state index contributed by atoms with van der Waals surface area (Å²) in [6, 6.07) is 17.3. The molecule has 33 heavy (non-hydrogen) atoms. The molecule has 2 aromatic carbocycles. The van der Waals surface area contributed by atoms with Crippen molar-refractivity contribution in [3.63, 3.8) is 0 Å². The Hall–Kier alpha value is -4.66. The van der Waals surface area contributed by atoms with E-state index in [1.54, 1.807) is 85.5 Å². The molecule has 4 N–H and O–H groups in total. The van der Waals surface area contributed by atoms with Crippen LogP contribution >= 0.6 is 0 Å². The topological polar surface area (TPSA) is 129 Å². The van der Waals surface area contributed by atoms with Crippen LogP contribution in [0.1, 0.15) is 28.4 Å². The van der Waals surface area contributed by atoms with Crippen molar-refractivity contribution in [3.8, 4) is 5.75 Å². The van der Waals surface area contributed by atoms with Crippen molar-refractivity contribution in [3.05, 3.63) is 96.6 Å². The first-order valence-electron chi connectivity index (χ1n) is 10.1. The number of H-pyrrole nitrogens is 1. The molecule has 0 aliphatic heterocycles. The standard InChI is InChI=1S/C24H21N5O4/c30-22(31)14-21(17-4-3-11-25-15-17)33-20-6-2-1-5-19(20)29-23(32)16-7-9-18(10-8-16)28-24-26-12-13-27-24/h1-13,15,21H,14H2,(H,29,32)(H,30,31)(H2,26,27,28). The summed E-state index contributed by atoms with van der Waals surface area (Å²) >= 11 is 0. The molecule has 1 amide bonds. The lowest BCUT2D eigenvalue weighted by Crippen LogP contribution is -2.16. The minimum absolute atomic E-state index is 0.252. The van der Waals surface area contributed by atoms with Gasteiger partial charge in [-0.05, 0) is 42.5 Å². The van der Waals surface area contributed by atoms with Gasteiger partial charge in [0.25, 0.3) is 5.91 Å². The summed E-state index contributed by atoms with van der Waals surface area (Å²) in [5.74, 6) is -0.375. The van der Waals surface area contributed by atoms with Crippen molar-refractivity contribution < 1.29 is 19.4 Å². The van der Waals surface area contributed by atoms with Crippen LogP contribution in [0, 0.1) is 0 Å². The highest BCUT2D eigenvalue weighted by molar-refractivity contribution is 6.05. The highest BCUT2D eigenvalue weighted by atomic mass is 16.5. The van der Waals surface area contributed by atoms with Crippen molar-refractivity contribution in [1.29, 1.82) is 0 Å². The number of aromatic nitrogens is 3. The third kappa shape index (κ3) is 5.73. The normalized spacial score (nSPS) is 11.4. The fourth-order valence-corrected chi connectivity index (χ4v) is 3.15. The van der Waals surface area contributed by atoms with E-state index in [1.165, 1.54) is 0 Å². The van der Waals surface area contributed by atoms with Crippen LogP contribution in [0.25, 0.3) is 0 Å². The first kappa shape index (κ1) is 21.6. The average molecular weight is 443 g/mol. The van der Waals surface area contributed by atoms with Gasteiger partial charge in [0.05, 0.1) is 12.1 Å². The molecule has 0 spiro atoms. The second-order valence-corrected chi connectivity index (χ2v) is 7.08. The van der Waals surface area contributed by atoms with E-state index in [9.17, 15) is 14.7 Å². The van der Waals surface area contributed by atoms with Gasteiger partial charge >= 0.3 is 5.97 Å². The molecule has 1 atom stereocenters. The molecular weight excluding hydrogens is 422 g/mol. The fraction of sp³-hybridized carbons (Fsp3) is 0.0833. The summed E-state index contributed by atoms with van der Waals surface area (Å²) in [4.78, 5) is 35.3. The molecule has 9 heteroatoms. The maximum atomic E-state index is 12.8. The van der Waals surface area contributed by atoms with Crippen LogP contribution in [0.3, 0.4) is 0 Å². The zero-order valence-electron chi connectivity index (χ0n) is 17.4. The number of amides is 1. The molecule has 0 aliphatic carbocycles. The Morgan fingerprint density at radius 2 is 1.85 bits per heavy atom. The fourth-order valence-electron chi connectivity index (χ4n) is 3.15. The number of ether oxygens (including phenoxy) is 1. The highest BCUT2D eigenvalue weighted by Gasteiger charge is 2.20. The maximum Gasteiger partial charge on any atom is 0.307 e. The van der Waals surface area contributed by atoms with Gasteiger partial charge in [0.15, 0.2) is 0 Å². The van der Waals surface area contributed by atoms with Gasteiger partial charge < -0.3 is 25.5 Å². The first-order valence-corrected chi connectivity index (χ1v) is 10.1. The number of carboxylic acids is 1. The summed E-state index contributed by atoms with van der Waals surface area (Å²) in [5.41, 5.74) is 2.28. The molecule has 166 valence electrons. The number of hydrogen-bond acceptors (Lipinski definition) is 6. The number of pyridine rings is 1. The Morgan fingerprint density at radius 1 is 1.03 bits per heavy atom. The molecule has 0 bridgehead atoms. The quantitative estimate of drug-likeness (QED) is 0.302. The number of aromatic amines is 1. The summed E-state index contributed by atoms with van der Waals surface area (Å²) < 4.78 is 6.00. The van der Waals surface area contributed by atoms with Crippen molar-refractivity contribution in [2.45, 2.75) is 12.5 Å². The SMILES string of the molecule is O=C(O)CC(Oc1ccccc1NC(=O)c1ccc(Nc2ncc[nH]2)cc1)c1cccnc1. The van der Waals surface area contributed by atoms with E-state index in [-0.39, 0.29) is 12.3 Å². The minimum Gasteiger partial charge on any atom is -0.483 e. The zero-order chi connectivity index (χ0) is 23.0. The monoisotopic (exact) mass is 443 g/mol. The molecule has 0 saturated heterocycles. The molecule has 2 heterocycles. The lowest BCUT2D eigenvalue weighted by atomic mass is 10.1. The van der Waals surface area contributed by atoms with E-state index in [1.807, 2.05) is 0 Å². The number of nitrogens with one attached hydrogen (secondary N) is 3. The number of para-hydroxylation sites is 2. The number of hydrogen-bond donors (Lipinski definition) is 4. The van der Waals surface area contributed by atoms with Crippen molar-refractivity contribution in [2.24, 2.45) is 0 Å². The summed E-state index contributed by atoms with van der Waals surface area (Å²) in [6.45, 7) is 0. The summed E-state index contributed by atoms with van der Waals surface area (Å²) in [7, 11) is 0. The maximum absolute atomic E-state index is 12.8. The average Bonchev–Trinajstić information content (AvgIpc) is 3.34. The Bertz CT molecular complexity index is 1210. The molecule has 9 nitrogen and oxygen atoms in total. The summed E-state index contributed by atoms with van der Waals surface area (Å²) in [5, 5.41) is 15.2. The lowest BCUT2D eigenvalue weighted by Gasteiger charge is -2.20. The molecule has 1 unspecified atom stereocenters. The van der Waals surface area contributed by atoms with Crippen LogP contribution < -0.4 is 15.4 Å². The van der Waals surface area contributed by atoms with Crippen LogP contribution in [-0.2, 0) is 4.79 Å². The summed E-state index contributed by atoms with van der Waals surface area (Å²) in [6.07, 6.45) is 5.50. The van der Waals surface area contributed by atoms with Crippen molar-refractivity contribution in [2.75, 3.05) is 10.6 Å². The Balaban J connectivity index is 1.48. The van der Waals surface area contributed by atoms with Gasteiger partial charge in [-0.25, -0.2) is 4.98 Å². The number of anilines is 3. The number of imidazole rings is 1. The van der Waals surface area contributed by atoms with Crippen LogP contribution in [0.2, 0.25) is 0 Å². The van der Waals surface area contributed by atoms with Gasteiger partial charge in [-0.1, -0.05) is 18.2 Å². The second-order valence-electron chi connectivity index (χ2n) is 7.08. The van der Waals surface area contributed by atoms with Gasteiger partial charge in [0, 0.05) is 41.6 Å². The van der Waals surface area contributed by atoms with Gasteiger partial charge in [-0.2, -0.15) is 0 Å². The number of carboxylic acid groups (broad SMARTS) is 1. The van der Waals surface area contributed by atoms with Crippen LogP contribution in [-0.4, -0.2) is 31.9 Å². The third-order valence-electron chi connectivity index (χ3n) is 4.73. The van der Waals surface area contributed by atoms with Gasteiger partial charge in [0.1, 0.15) is 11.9 Å². The van der Waals surface area contributed by atoms with Crippen LogP contribution in [0.5, 0.6) is 5.75 Å². The first-order chi connectivity index (χ1) is 16.1. The van der Waals surface area contributed by atoms with Crippen LogP contribution in [0.4, 0.5) is 17.3 Å². The van der Waals surface area contributed by atoms with E-state index >= 15 is 0 Å². The van der Waals surface area contributed by atoms with E-state index in [0.717, 1.165) is 5.69 Å². The Labute approximate surface area is 189 Å². The molecule has 0 fully saturated rings. The van der Waals surface area contributed by atoms with E-state index in [0.29, 0.717) is 28.5 Å². The Kier molecular flexibility index (Phi) is 6.60. The third-order valence-corrected chi connectivity index (χ3v) is 4.73. The highest BCUT2D eigenvalue weighted by Crippen LogP contribution is 2.31. The van der Waals surface area contributed by atoms with E-state index < -0.39 is 12.1 Å². The molecular formula is C24H21N5O4. The number of rotatable bonds is 9. The number of benzene rings is 2. The van der Waals surface area contributed by atoms with Gasteiger partial charge in [-0.15, -0.1) is 0 Å². The number of aliphatic carboxylic acids is 1. The number of carbonyl (C=O) groups is 2. The number of carbonyl (C=O) groups excluding carboxylic acids is 1. The zero-order valence-corrected chi connectivity index (χ0v) is 17.4. The predicted octanol–water partition coefficient (Wildman–Crippen LogP) is 4.40. The van der Waals surface area contributed by atoms with Gasteiger partial charge in [-0.3, -0.25) is 14.6 Å². The lowest BCUT2D eigenvalue weighted by molar-refractivity contribution is -0.138. The van der Waals surface area contributed by atoms with E-state index in [2.05, 4.69) is 25.6 Å². The largest absolute Gasteiger partial charge is 0.483 e. The van der Waals surface area contributed by atoms with Crippen LogP contribution in [0.15, 0.2) is 85.5 Å². The molecule has 0 saturated carbocycles. The van der Waals surface area contributed by atoms with Crippen molar-refractivity contribution >= 4 is 29.2 Å². The molecule has 0 radical (unpaired) electrons. The molecule has 0 aliphatic rings. The smallest absolute Gasteiger partial charge is 0.307 e. The Morgan fingerprint density at radius 3 is 2.55 bits per heavy atom. The number of nitrogens with zero attached hydrogens (tertiary/aromatic N) is 2. The second kappa shape index (κ2) is 10.1. The predicted molar refractivity (Wildman–Crippen MR) is 123 cm³/mol.